The summed E-state index contributed by atoms with van der Waals surface area (Å²) in [5.41, 5.74) is 3.71. The lowest BCUT2D eigenvalue weighted by Crippen LogP contribution is -2.46. The number of hydrogen-bond donors (Lipinski definition) is 2. The molecule has 1 atom stereocenters. The van der Waals surface area contributed by atoms with Crippen molar-refractivity contribution in [1.29, 1.82) is 5.26 Å². The lowest BCUT2D eigenvalue weighted by molar-refractivity contribution is 0.0866. The number of nitrogens with zero attached hydrogens (tertiary/aromatic N) is 7. The van der Waals surface area contributed by atoms with Gasteiger partial charge in [0.15, 0.2) is 0 Å². The van der Waals surface area contributed by atoms with Crippen LogP contribution in [0.3, 0.4) is 0 Å². The van der Waals surface area contributed by atoms with E-state index in [1.165, 1.54) is 24.4 Å². The summed E-state index contributed by atoms with van der Waals surface area (Å²) < 4.78 is 16.6. The molecule has 0 bridgehead atoms. The quantitative estimate of drug-likeness (QED) is 0.158. The van der Waals surface area contributed by atoms with E-state index < -0.39 is 11.9 Å². The first kappa shape index (κ1) is 33.4. The van der Waals surface area contributed by atoms with Crippen LogP contribution < -0.4 is 10.6 Å². The third-order valence-corrected chi connectivity index (χ3v) is 9.63. The number of anilines is 3. The molecule has 3 aromatic heterocycles. The Balaban J connectivity index is 1.39. The van der Waals surface area contributed by atoms with Crippen LogP contribution in [0, 0.1) is 17.1 Å². The second-order valence-corrected chi connectivity index (χ2v) is 14.5. The Morgan fingerprint density at radius 1 is 1.02 bits per heavy atom. The van der Waals surface area contributed by atoms with Crippen LogP contribution in [0.15, 0.2) is 59.5 Å². The number of nitrogens with one attached hydrogen (secondary N) is 2. The molecule has 0 saturated carbocycles. The average Bonchev–Trinajstić information content (AvgIpc) is 3.53. The first-order chi connectivity index (χ1) is 22.4. The highest BCUT2D eigenvalue weighted by Crippen LogP contribution is 2.38. The Hall–Kier alpha value is -3.53. The van der Waals surface area contributed by atoms with Gasteiger partial charge in [-0.3, -0.25) is 9.88 Å². The number of halogens is 5. The molecule has 0 aliphatic carbocycles. The normalized spacial score (nSPS) is 15.0. The van der Waals surface area contributed by atoms with Crippen molar-refractivity contribution in [3.8, 4) is 6.07 Å². The van der Waals surface area contributed by atoms with Gasteiger partial charge < -0.3 is 10.6 Å². The molecule has 6 rings (SSSR count). The van der Waals surface area contributed by atoms with Crippen LogP contribution in [0.5, 0.6) is 0 Å². The number of aromatic nitrogens is 5. The molecule has 242 valence electrons. The SMILES string of the molecule is CC(C)(C)N1CCC(n2cc([C@@H](Nc3cc(Cl)c4ncc(C#N)c(Nc5ccc(F)c(Cl)c5)c4c3)c3cc(Br)cnc3Cl)nn2)CC1. The minimum atomic E-state index is -0.566. The van der Waals surface area contributed by atoms with Crippen molar-refractivity contribution in [3.05, 3.63) is 97.3 Å². The Morgan fingerprint density at radius 2 is 1.77 bits per heavy atom. The summed E-state index contributed by atoms with van der Waals surface area (Å²) >= 11 is 23.0. The van der Waals surface area contributed by atoms with Crippen LogP contribution in [0.1, 0.15) is 62.5 Å². The largest absolute Gasteiger partial charge is 0.373 e. The molecule has 14 heteroatoms. The second kappa shape index (κ2) is 13.5. The number of hydrogen-bond acceptors (Lipinski definition) is 8. The molecule has 9 nitrogen and oxygen atoms in total. The predicted octanol–water partition coefficient (Wildman–Crippen LogP) is 9.34. The van der Waals surface area contributed by atoms with Crippen LogP contribution in [-0.2, 0) is 0 Å². The summed E-state index contributed by atoms with van der Waals surface area (Å²) in [6, 6.07) is 11.5. The van der Waals surface area contributed by atoms with E-state index in [9.17, 15) is 9.65 Å². The number of fused-ring (bicyclic) bond motifs is 1. The van der Waals surface area contributed by atoms with Gasteiger partial charge in [0, 0.05) is 57.8 Å². The standard InChI is InChI=1S/C33H30BrCl3FN9/c1-33(2,3)46-8-6-22(7-9-46)47-17-28(44-45-47)31(24-10-19(34)16-41-32(24)37)43-21-11-23-29(42-20-4-5-27(38)25(35)12-20)18(14-39)15-40-30(23)26(36)13-21/h4-5,10-13,15-17,22,31,43H,6-9H2,1-3H3,(H,40,42)/t31-/m0/s1. The minimum absolute atomic E-state index is 0.0533. The number of nitriles is 1. The number of likely N-dealkylation sites (tertiary alicyclic amines) is 1. The van der Waals surface area contributed by atoms with E-state index in [-0.39, 0.29) is 22.2 Å². The van der Waals surface area contributed by atoms with Gasteiger partial charge in [0.1, 0.15) is 28.8 Å². The maximum absolute atomic E-state index is 13.9. The average molecular weight is 758 g/mol. The smallest absolute Gasteiger partial charge is 0.141 e. The highest BCUT2D eigenvalue weighted by molar-refractivity contribution is 9.10. The molecule has 1 aliphatic rings. The summed E-state index contributed by atoms with van der Waals surface area (Å²) in [6.45, 7) is 8.66. The summed E-state index contributed by atoms with van der Waals surface area (Å²) in [6.07, 6.45) is 6.94. The van der Waals surface area contributed by atoms with Crippen LogP contribution in [0.4, 0.5) is 21.5 Å². The van der Waals surface area contributed by atoms with Crippen LogP contribution in [0.2, 0.25) is 15.2 Å². The van der Waals surface area contributed by atoms with Crippen molar-refractivity contribution in [2.24, 2.45) is 0 Å². The molecule has 2 aromatic carbocycles. The summed E-state index contributed by atoms with van der Waals surface area (Å²) in [5.74, 6) is -0.550. The molecule has 2 N–H and O–H groups in total. The number of piperidine rings is 1. The minimum Gasteiger partial charge on any atom is -0.373 e. The zero-order valence-electron chi connectivity index (χ0n) is 25.7. The highest BCUT2D eigenvalue weighted by Gasteiger charge is 2.30. The van der Waals surface area contributed by atoms with Crippen molar-refractivity contribution in [3.63, 3.8) is 0 Å². The molecule has 47 heavy (non-hydrogen) atoms. The summed E-state index contributed by atoms with van der Waals surface area (Å²) in [7, 11) is 0. The first-order valence-electron chi connectivity index (χ1n) is 14.9. The van der Waals surface area contributed by atoms with E-state index >= 15 is 0 Å². The van der Waals surface area contributed by atoms with Gasteiger partial charge in [-0.2, -0.15) is 5.26 Å². The van der Waals surface area contributed by atoms with E-state index in [1.807, 2.05) is 23.0 Å². The second-order valence-electron chi connectivity index (χ2n) is 12.4. The summed E-state index contributed by atoms with van der Waals surface area (Å²) in [5, 5.41) is 27.0. The van der Waals surface area contributed by atoms with E-state index in [2.05, 4.69) is 78.6 Å². The third kappa shape index (κ3) is 7.17. The van der Waals surface area contributed by atoms with Crippen molar-refractivity contribution in [2.75, 3.05) is 23.7 Å². The highest BCUT2D eigenvalue weighted by atomic mass is 79.9. The van der Waals surface area contributed by atoms with Crippen molar-refractivity contribution >= 4 is 78.7 Å². The molecule has 1 aliphatic heterocycles. The Bertz CT molecular complexity index is 2000. The fourth-order valence-corrected chi connectivity index (χ4v) is 6.81. The maximum atomic E-state index is 13.9. The topological polar surface area (TPSA) is 108 Å². The molecular formula is C33H30BrCl3FN9. The maximum Gasteiger partial charge on any atom is 0.141 e. The number of benzene rings is 2. The first-order valence-corrected chi connectivity index (χ1v) is 16.8. The molecule has 5 aromatic rings. The predicted molar refractivity (Wildman–Crippen MR) is 188 cm³/mol. The third-order valence-electron chi connectivity index (χ3n) is 8.30. The molecule has 1 fully saturated rings. The number of pyridine rings is 2. The van der Waals surface area contributed by atoms with Crippen LogP contribution in [-0.4, -0.2) is 48.5 Å². The zero-order chi connectivity index (χ0) is 33.5. The van der Waals surface area contributed by atoms with Crippen molar-refractivity contribution in [2.45, 2.75) is 51.2 Å². The van der Waals surface area contributed by atoms with Crippen LogP contribution in [0.25, 0.3) is 10.9 Å². The Labute approximate surface area is 295 Å². The van der Waals surface area contributed by atoms with E-state index in [0.717, 1.165) is 30.4 Å². The molecule has 0 spiro atoms. The van der Waals surface area contributed by atoms with E-state index in [1.54, 1.807) is 12.3 Å². The molecule has 0 radical (unpaired) electrons. The van der Waals surface area contributed by atoms with E-state index in [4.69, 9.17) is 34.8 Å². The Kier molecular flexibility index (Phi) is 9.61. The van der Waals surface area contributed by atoms with Gasteiger partial charge in [-0.15, -0.1) is 5.10 Å². The van der Waals surface area contributed by atoms with Gasteiger partial charge >= 0.3 is 0 Å². The lowest BCUT2D eigenvalue weighted by Gasteiger charge is -2.40. The van der Waals surface area contributed by atoms with Gasteiger partial charge in [-0.1, -0.05) is 40.0 Å². The zero-order valence-corrected chi connectivity index (χ0v) is 29.6. The molecule has 0 unspecified atom stereocenters. The Morgan fingerprint density at radius 3 is 2.47 bits per heavy atom. The molecule has 4 heterocycles. The molecule has 0 amide bonds. The van der Waals surface area contributed by atoms with Gasteiger partial charge in [0.2, 0.25) is 0 Å². The molecule has 1 saturated heterocycles. The molecular weight excluding hydrogens is 728 g/mol. The fourth-order valence-electron chi connectivity index (χ4n) is 5.80. The van der Waals surface area contributed by atoms with Gasteiger partial charge in [0.25, 0.3) is 0 Å². The van der Waals surface area contributed by atoms with Crippen molar-refractivity contribution in [1.82, 2.24) is 29.9 Å². The monoisotopic (exact) mass is 755 g/mol. The van der Waals surface area contributed by atoms with Gasteiger partial charge in [-0.25, -0.2) is 14.1 Å². The lowest BCUT2D eigenvalue weighted by atomic mass is 9.98. The van der Waals surface area contributed by atoms with Crippen LogP contribution >= 0.6 is 50.7 Å². The fraction of sp³-hybridized carbons (Fsp3) is 0.303. The number of rotatable bonds is 7. The van der Waals surface area contributed by atoms with Gasteiger partial charge in [0.05, 0.1) is 39.1 Å². The summed E-state index contributed by atoms with van der Waals surface area (Å²) in [4.78, 5) is 11.3. The van der Waals surface area contributed by atoms with Crippen molar-refractivity contribution < 1.29 is 4.39 Å². The van der Waals surface area contributed by atoms with Gasteiger partial charge in [-0.05, 0) is 85.9 Å². The van der Waals surface area contributed by atoms with E-state index in [0.29, 0.717) is 49.4 Å².